The Labute approximate surface area is 172 Å². The number of thioether (sulfide) groups is 1. The summed E-state index contributed by atoms with van der Waals surface area (Å²) in [5.74, 6) is -0.0770. The Hall–Kier alpha value is -2.57. The summed E-state index contributed by atoms with van der Waals surface area (Å²) in [6, 6.07) is 14.4. The maximum Gasteiger partial charge on any atom is 0.262 e. The van der Waals surface area contributed by atoms with Crippen LogP contribution in [0.4, 0.5) is 5.69 Å². The maximum atomic E-state index is 12.9. The molecule has 7 heteroatoms. The van der Waals surface area contributed by atoms with Crippen molar-refractivity contribution in [3.8, 4) is 0 Å². The van der Waals surface area contributed by atoms with Gasteiger partial charge in [0.05, 0.1) is 16.2 Å². The van der Waals surface area contributed by atoms with Crippen LogP contribution in [0.2, 0.25) is 5.02 Å². The summed E-state index contributed by atoms with van der Waals surface area (Å²) in [7, 11) is 1.74. The standard InChI is InChI=1S/C21H20ClN3O2S/c1-4-12-25-20(27)17-13-15(22)10-11-18(17)23-21(25)28-14(2)19(26)24(3)16-8-6-5-7-9-16/h4-11,13-14H,1,12H2,2-3H3/t14-/m0/s1. The number of halogens is 1. The molecule has 2 aromatic carbocycles. The first-order valence-corrected chi connectivity index (χ1v) is 9.98. The third-order valence-corrected chi connectivity index (χ3v) is 5.61. The van der Waals surface area contributed by atoms with Crippen molar-refractivity contribution in [2.24, 2.45) is 0 Å². The third kappa shape index (κ3) is 4.13. The van der Waals surface area contributed by atoms with Crippen molar-refractivity contribution in [3.05, 3.63) is 76.6 Å². The summed E-state index contributed by atoms with van der Waals surface area (Å²) in [4.78, 5) is 32.0. The van der Waals surface area contributed by atoms with Crippen LogP contribution >= 0.6 is 23.4 Å². The van der Waals surface area contributed by atoms with Gasteiger partial charge in [-0.3, -0.25) is 14.2 Å². The number of carbonyl (C=O) groups excluding carboxylic acids is 1. The monoisotopic (exact) mass is 413 g/mol. The summed E-state index contributed by atoms with van der Waals surface area (Å²) in [5.41, 5.74) is 1.16. The molecule has 1 heterocycles. The quantitative estimate of drug-likeness (QED) is 0.342. The summed E-state index contributed by atoms with van der Waals surface area (Å²) in [6.07, 6.45) is 1.63. The number of nitrogens with zero attached hydrogens (tertiary/aromatic N) is 3. The lowest BCUT2D eigenvalue weighted by molar-refractivity contribution is -0.117. The number of rotatable bonds is 6. The van der Waals surface area contributed by atoms with E-state index in [1.54, 1.807) is 36.2 Å². The Morgan fingerprint density at radius 1 is 1.32 bits per heavy atom. The number of allylic oxidation sites excluding steroid dienone is 1. The van der Waals surface area contributed by atoms with Gasteiger partial charge in [0.1, 0.15) is 0 Å². The normalized spacial score (nSPS) is 12.0. The highest BCUT2D eigenvalue weighted by atomic mass is 35.5. The van der Waals surface area contributed by atoms with E-state index in [0.29, 0.717) is 27.6 Å². The number of hydrogen-bond donors (Lipinski definition) is 0. The van der Waals surface area contributed by atoms with Crippen molar-refractivity contribution in [2.75, 3.05) is 11.9 Å². The highest BCUT2D eigenvalue weighted by molar-refractivity contribution is 8.00. The smallest absolute Gasteiger partial charge is 0.262 e. The minimum Gasteiger partial charge on any atom is -0.315 e. The number of hydrogen-bond acceptors (Lipinski definition) is 4. The Kier molecular flexibility index (Phi) is 6.21. The molecule has 28 heavy (non-hydrogen) atoms. The fourth-order valence-electron chi connectivity index (χ4n) is 2.81. The number of benzene rings is 2. The van der Waals surface area contributed by atoms with Crippen molar-refractivity contribution in [3.63, 3.8) is 0 Å². The molecule has 1 atom stereocenters. The number of anilines is 1. The predicted octanol–water partition coefficient (Wildman–Crippen LogP) is 4.38. The zero-order chi connectivity index (χ0) is 20.3. The molecule has 144 valence electrons. The highest BCUT2D eigenvalue weighted by Gasteiger charge is 2.22. The van der Waals surface area contributed by atoms with Gasteiger partial charge in [0.2, 0.25) is 5.91 Å². The van der Waals surface area contributed by atoms with E-state index in [4.69, 9.17) is 11.6 Å². The maximum absolute atomic E-state index is 12.9. The molecule has 1 aromatic heterocycles. The van der Waals surface area contributed by atoms with E-state index >= 15 is 0 Å². The summed E-state index contributed by atoms with van der Waals surface area (Å²) in [6.45, 7) is 5.83. The molecule has 0 unspecified atom stereocenters. The molecule has 3 aromatic rings. The first-order chi connectivity index (χ1) is 13.4. The van der Waals surface area contributed by atoms with Crippen LogP contribution in [0.5, 0.6) is 0 Å². The Balaban J connectivity index is 1.95. The van der Waals surface area contributed by atoms with Gasteiger partial charge < -0.3 is 4.90 Å². The van der Waals surface area contributed by atoms with E-state index in [1.165, 1.54) is 16.3 Å². The van der Waals surface area contributed by atoms with Crippen molar-refractivity contribution < 1.29 is 4.79 Å². The molecular formula is C21H20ClN3O2S. The van der Waals surface area contributed by atoms with Gasteiger partial charge in [0, 0.05) is 24.3 Å². The van der Waals surface area contributed by atoms with Gasteiger partial charge in [-0.15, -0.1) is 6.58 Å². The van der Waals surface area contributed by atoms with E-state index in [1.807, 2.05) is 37.3 Å². The molecule has 0 fully saturated rings. The van der Waals surface area contributed by atoms with Crippen LogP contribution in [0, 0.1) is 0 Å². The second kappa shape index (κ2) is 8.63. The van der Waals surface area contributed by atoms with Crippen molar-refractivity contribution >= 4 is 45.9 Å². The molecule has 5 nitrogen and oxygen atoms in total. The van der Waals surface area contributed by atoms with E-state index < -0.39 is 5.25 Å². The number of fused-ring (bicyclic) bond motifs is 1. The first kappa shape index (κ1) is 20.2. The van der Waals surface area contributed by atoms with E-state index in [2.05, 4.69) is 11.6 Å². The van der Waals surface area contributed by atoms with Gasteiger partial charge >= 0.3 is 0 Å². The molecule has 0 aliphatic heterocycles. The van der Waals surface area contributed by atoms with E-state index in [-0.39, 0.29) is 11.5 Å². The van der Waals surface area contributed by atoms with Gasteiger partial charge in [0.25, 0.3) is 5.56 Å². The molecular weight excluding hydrogens is 394 g/mol. The van der Waals surface area contributed by atoms with Crippen molar-refractivity contribution in [1.29, 1.82) is 0 Å². The molecule has 0 radical (unpaired) electrons. The lowest BCUT2D eigenvalue weighted by Gasteiger charge is -2.22. The third-order valence-electron chi connectivity index (χ3n) is 4.30. The minimum atomic E-state index is -0.432. The van der Waals surface area contributed by atoms with E-state index in [0.717, 1.165) is 5.69 Å². The van der Waals surface area contributed by atoms with Crippen LogP contribution in [0.25, 0.3) is 10.9 Å². The van der Waals surface area contributed by atoms with Crippen LogP contribution < -0.4 is 10.5 Å². The van der Waals surface area contributed by atoms with Gasteiger partial charge in [-0.25, -0.2) is 4.98 Å². The van der Waals surface area contributed by atoms with Crippen molar-refractivity contribution in [2.45, 2.75) is 23.9 Å². The molecule has 0 saturated carbocycles. The number of amides is 1. The molecule has 0 aliphatic carbocycles. The largest absolute Gasteiger partial charge is 0.315 e. The first-order valence-electron chi connectivity index (χ1n) is 8.72. The molecule has 3 rings (SSSR count). The number of carbonyl (C=O) groups is 1. The molecule has 0 spiro atoms. The fourth-order valence-corrected chi connectivity index (χ4v) is 4.00. The average molecular weight is 414 g/mol. The van der Waals surface area contributed by atoms with Crippen LogP contribution in [0.1, 0.15) is 6.92 Å². The molecule has 0 saturated heterocycles. The van der Waals surface area contributed by atoms with E-state index in [9.17, 15) is 9.59 Å². The second-order valence-corrected chi connectivity index (χ2v) is 8.00. The van der Waals surface area contributed by atoms with Gasteiger partial charge in [-0.05, 0) is 37.3 Å². The van der Waals surface area contributed by atoms with Crippen LogP contribution in [0.15, 0.2) is 71.1 Å². The average Bonchev–Trinajstić information content (AvgIpc) is 2.71. The van der Waals surface area contributed by atoms with Crippen LogP contribution in [-0.4, -0.2) is 27.8 Å². The Morgan fingerprint density at radius 2 is 2.04 bits per heavy atom. The fraction of sp³-hybridized carbons (Fsp3) is 0.190. The molecule has 0 bridgehead atoms. The zero-order valence-electron chi connectivity index (χ0n) is 15.6. The molecule has 0 N–H and O–H groups in total. The van der Waals surface area contributed by atoms with Gasteiger partial charge in [-0.1, -0.05) is 47.6 Å². The SMILES string of the molecule is C=CCn1c(S[C@@H](C)C(=O)N(C)c2ccccc2)nc2ccc(Cl)cc2c1=O. The minimum absolute atomic E-state index is 0.0770. The van der Waals surface area contributed by atoms with Crippen molar-refractivity contribution in [1.82, 2.24) is 9.55 Å². The highest BCUT2D eigenvalue weighted by Crippen LogP contribution is 2.26. The predicted molar refractivity (Wildman–Crippen MR) is 116 cm³/mol. The second-order valence-electron chi connectivity index (χ2n) is 6.25. The Bertz CT molecular complexity index is 1080. The molecule has 1 amide bonds. The lowest BCUT2D eigenvalue weighted by Crippen LogP contribution is -2.34. The number of aromatic nitrogens is 2. The number of para-hydroxylation sites is 1. The van der Waals surface area contributed by atoms with Crippen LogP contribution in [-0.2, 0) is 11.3 Å². The summed E-state index contributed by atoms with van der Waals surface area (Å²) in [5, 5.41) is 0.962. The van der Waals surface area contributed by atoms with Crippen LogP contribution in [0.3, 0.4) is 0 Å². The molecule has 0 aliphatic rings. The Morgan fingerprint density at radius 3 is 2.71 bits per heavy atom. The summed E-state index contributed by atoms with van der Waals surface area (Å²) >= 11 is 7.28. The summed E-state index contributed by atoms with van der Waals surface area (Å²) < 4.78 is 1.52. The zero-order valence-corrected chi connectivity index (χ0v) is 17.2. The van der Waals surface area contributed by atoms with Gasteiger partial charge in [-0.2, -0.15) is 0 Å². The lowest BCUT2D eigenvalue weighted by atomic mass is 10.2. The van der Waals surface area contributed by atoms with Gasteiger partial charge in [0.15, 0.2) is 5.16 Å². The topological polar surface area (TPSA) is 55.2 Å².